The van der Waals surface area contributed by atoms with Gasteiger partial charge in [-0.2, -0.15) is 0 Å². The summed E-state index contributed by atoms with van der Waals surface area (Å²) in [6, 6.07) is 3.65. The summed E-state index contributed by atoms with van der Waals surface area (Å²) in [5.41, 5.74) is 6.68. The largest absolute Gasteiger partial charge is 0.409 e. The molecule has 0 bridgehead atoms. The van der Waals surface area contributed by atoms with Gasteiger partial charge in [-0.05, 0) is 46.8 Å². The maximum Gasteiger partial charge on any atom is 0.170 e. The van der Waals surface area contributed by atoms with Crippen LogP contribution in [-0.2, 0) is 4.74 Å². The number of amidine groups is 1. The highest BCUT2D eigenvalue weighted by molar-refractivity contribution is 5.97. The molecular formula is C15H24N4O2. The Labute approximate surface area is 125 Å². The van der Waals surface area contributed by atoms with Crippen molar-refractivity contribution in [2.45, 2.75) is 45.8 Å². The first-order chi connectivity index (χ1) is 9.62. The highest BCUT2D eigenvalue weighted by Crippen LogP contribution is 2.31. The topological polar surface area (TPSA) is 84.0 Å². The number of hydrogen-bond acceptors (Lipinski definition) is 5. The molecule has 6 nitrogen and oxygen atoms in total. The number of aryl methyl sites for hydroxylation is 1. The maximum atomic E-state index is 8.86. The van der Waals surface area contributed by atoms with Crippen LogP contribution in [0.1, 0.15) is 39.0 Å². The van der Waals surface area contributed by atoms with E-state index in [2.05, 4.69) is 42.7 Å². The quantitative estimate of drug-likeness (QED) is 0.376. The maximum absolute atomic E-state index is 8.86. The zero-order valence-corrected chi connectivity index (χ0v) is 13.3. The minimum absolute atomic E-state index is 0.0912. The molecule has 0 spiro atoms. The van der Waals surface area contributed by atoms with E-state index in [-0.39, 0.29) is 17.0 Å². The van der Waals surface area contributed by atoms with Crippen LogP contribution in [0.5, 0.6) is 0 Å². The second-order valence-electron chi connectivity index (χ2n) is 6.82. The van der Waals surface area contributed by atoms with Gasteiger partial charge in [0.15, 0.2) is 5.84 Å². The number of rotatable bonds is 2. The van der Waals surface area contributed by atoms with E-state index >= 15 is 0 Å². The Bertz CT molecular complexity index is 551. The third kappa shape index (κ3) is 3.64. The Morgan fingerprint density at radius 1 is 1.29 bits per heavy atom. The molecule has 21 heavy (non-hydrogen) atoms. The fourth-order valence-corrected chi connectivity index (χ4v) is 2.97. The average Bonchev–Trinajstić information content (AvgIpc) is 2.33. The average molecular weight is 292 g/mol. The minimum Gasteiger partial charge on any atom is -0.409 e. The van der Waals surface area contributed by atoms with Crippen molar-refractivity contribution in [1.29, 1.82) is 0 Å². The molecular weight excluding hydrogens is 268 g/mol. The molecule has 1 aromatic heterocycles. The van der Waals surface area contributed by atoms with Crippen molar-refractivity contribution in [2.75, 3.05) is 18.0 Å². The Morgan fingerprint density at radius 3 is 2.38 bits per heavy atom. The van der Waals surface area contributed by atoms with E-state index in [9.17, 15) is 0 Å². The molecule has 6 heteroatoms. The van der Waals surface area contributed by atoms with Crippen molar-refractivity contribution in [3.05, 3.63) is 23.4 Å². The molecule has 0 unspecified atom stereocenters. The molecule has 2 heterocycles. The number of aromatic nitrogens is 1. The van der Waals surface area contributed by atoms with Gasteiger partial charge in [-0.25, -0.2) is 4.98 Å². The molecule has 0 radical (unpaired) electrons. The van der Waals surface area contributed by atoms with Crippen molar-refractivity contribution in [3.8, 4) is 0 Å². The van der Waals surface area contributed by atoms with E-state index in [1.54, 1.807) is 6.07 Å². The summed E-state index contributed by atoms with van der Waals surface area (Å²) in [5, 5.41) is 11.9. The lowest BCUT2D eigenvalue weighted by atomic mass is 9.99. The second kappa shape index (κ2) is 5.18. The molecule has 1 aromatic rings. The van der Waals surface area contributed by atoms with Crippen molar-refractivity contribution >= 4 is 11.7 Å². The van der Waals surface area contributed by atoms with E-state index in [1.165, 1.54) is 0 Å². The Balaban J connectivity index is 2.39. The number of morpholine rings is 1. The summed E-state index contributed by atoms with van der Waals surface area (Å²) >= 11 is 0. The minimum atomic E-state index is -0.260. The zero-order valence-electron chi connectivity index (χ0n) is 13.3. The van der Waals surface area contributed by atoms with Gasteiger partial charge < -0.3 is 20.6 Å². The summed E-state index contributed by atoms with van der Waals surface area (Å²) in [7, 11) is 0. The Morgan fingerprint density at radius 2 is 1.86 bits per heavy atom. The van der Waals surface area contributed by atoms with Gasteiger partial charge in [-0.1, -0.05) is 5.16 Å². The van der Waals surface area contributed by atoms with Gasteiger partial charge in [0.1, 0.15) is 5.82 Å². The SMILES string of the molecule is Cc1cc(/C(N)=N/O)cc(N2CC(C)(C)OC(C)(C)C2)n1. The van der Waals surface area contributed by atoms with Gasteiger partial charge in [-0.15, -0.1) is 0 Å². The standard InChI is InChI=1S/C15H24N4O2/c1-10-6-11(13(16)18-20)7-12(17-10)19-8-14(2,3)21-15(4,5)9-19/h6-7,20H,8-9H2,1-5H3,(H2,16,18). The number of nitrogens with zero attached hydrogens (tertiary/aromatic N) is 3. The lowest BCUT2D eigenvalue weighted by Gasteiger charge is -2.47. The first kappa shape index (κ1) is 15.6. The van der Waals surface area contributed by atoms with Crippen LogP contribution in [0.25, 0.3) is 0 Å². The number of nitrogens with two attached hydrogens (primary N) is 1. The molecule has 1 aliphatic rings. The molecule has 1 saturated heterocycles. The monoisotopic (exact) mass is 292 g/mol. The molecule has 2 rings (SSSR count). The first-order valence-electron chi connectivity index (χ1n) is 7.04. The smallest absolute Gasteiger partial charge is 0.170 e. The normalized spacial score (nSPS) is 21.4. The number of hydrogen-bond donors (Lipinski definition) is 2. The lowest BCUT2D eigenvalue weighted by Crippen LogP contribution is -2.57. The molecule has 3 N–H and O–H groups in total. The van der Waals surface area contributed by atoms with Crippen molar-refractivity contribution in [3.63, 3.8) is 0 Å². The molecule has 0 saturated carbocycles. The Hall–Kier alpha value is -1.82. The van der Waals surface area contributed by atoms with Crippen LogP contribution < -0.4 is 10.6 Å². The third-order valence-corrected chi connectivity index (χ3v) is 3.36. The van der Waals surface area contributed by atoms with Gasteiger partial charge in [-0.3, -0.25) is 0 Å². The number of pyridine rings is 1. The summed E-state index contributed by atoms with van der Waals surface area (Å²) in [4.78, 5) is 6.77. The molecule has 116 valence electrons. The first-order valence-corrected chi connectivity index (χ1v) is 7.04. The number of anilines is 1. The van der Waals surface area contributed by atoms with E-state index in [4.69, 9.17) is 15.7 Å². The zero-order chi connectivity index (χ0) is 15.8. The molecule has 1 fully saturated rings. The van der Waals surface area contributed by atoms with Crippen molar-refractivity contribution in [1.82, 2.24) is 4.98 Å². The highest BCUT2D eigenvalue weighted by atomic mass is 16.5. The van der Waals surface area contributed by atoms with Gasteiger partial charge in [0.05, 0.1) is 11.2 Å². The van der Waals surface area contributed by atoms with E-state index in [0.29, 0.717) is 5.56 Å². The van der Waals surface area contributed by atoms with Gasteiger partial charge in [0.2, 0.25) is 0 Å². The van der Waals surface area contributed by atoms with Crippen LogP contribution in [0.2, 0.25) is 0 Å². The summed E-state index contributed by atoms with van der Waals surface area (Å²) in [6.45, 7) is 11.7. The summed E-state index contributed by atoms with van der Waals surface area (Å²) in [5.74, 6) is 0.912. The predicted molar refractivity (Wildman–Crippen MR) is 82.9 cm³/mol. The van der Waals surface area contributed by atoms with E-state index in [0.717, 1.165) is 24.6 Å². The van der Waals surface area contributed by atoms with Gasteiger partial charge >= 0.3 is 0 Å². The summed E-state index contributed by atoms with van der Waals surface area (Å²) in [6.07, 6.45) is 0. The van der Waals surface area contributed by atoms with E-state index < -0.39 is 0 Å². The van der Waals surface area contributed by atoms with Crippen LogP contribution in [-0.4, -0.2) is 40.3 Å². The lowest BCUT2D eigenvalue weighted by molar-refractivity contribution is -0.133. The van der Waals surface area contributed by atoms with Crippen LogP contribution >= 0.6 is 0 Å². The molecule has 0 amide bonds. The number of ether oxygens (including phenoxy) is 1. The number of oxime groups is 1. The van der Waals surface area contributed by atoms with Gasteiger partial charge in [0.25, 0.3) is 0 Å². The van der Waals surface area contributed by atoms with E-state index in [1.807, 2.05) is 13.0 Å². The summed E-state index contributed by atoms with van der Waals surface area (Å²) < 4.78 is 6.08. The predicted octanol–water partition coefficient (Wildman–Crippen LogP) is 1.88. The second-order valence-corrected chi connectivity index (χ2v) is 6.82. The third-order valence-electron chi connectivity index (χ3n) is 3.36. The van der Waals surface area contributed by atoms with Crippen molar-refractivity contribution < 1.29 is 9.94 Å². The fourth-order valence-electron chi connectivity index (χ4n) is 2.97. The van der Waals surface area contributed by atoms with Crippen LogP contribution in [0, 0.1) is 6.92 Å². The van der Waals surface area contributed by atoms with Crippen molar-refractivity contribution in [2.24, 2.45) is 10.9 Å². The molecule has 1 aliphatic heterocycles. The highest BCUT2D eigenvalue weighted by Gasteiger charge is 2.38. The molecule has 0 aromatic carbocycles. The van der Waals surface area contributed by atoms with Crippen LogP contribution in [0.4, 0.5) is 5.82 Å². The molecule has 0 aliphatic carbocycles. The van der Waals surface area contributed by atoms with Crippen LogP contribution in [0.3, 0.4) is 0 Å². The van der Waals surface area contributed by atoms with Crippen LogP contribution in [0.15, 0.2) is 17.3 Å². The fraction of sp³-hybridized carbons (Fsp3) is 0.600. The van der Waals surface area contributed by atoms with Gasteiger partial charge in [0, 0.05) is 24.3 Å². The molecule has 0 atom stereocenters. The Kier molecular flexibility index (Phi) is 3.84.